The van der Waals surface area contributed by atoms with E-state index in [-0.39, 0.29) is 13.0 Å². The highest BCUT2D eigenvalue weighted by molar-refractivity contribution is 5.44. The molecular weight excluding hydrogens is 344 g/mol. The average molecular weight is 372 g/mol. The molecule has 0 aromatic heterocycles. The molecule has 5 N–H and O–H groups in total. The Bertz CT molecular complexity index is 528. The normalized spacial score (nSPS) is 17.0. The first-order valence-electron chi connectivity index (χ1n) is 8.16. The number of benzene rings is 1. The van der Waals surface area contributed by atoms with Crippen molar-refractivity contribution < 1.29 is 39.7 Å². The molecule has 8 nitrogen and oxygen atoms in total. The van der Waals surface area contributed by atoms with Crippen molar-refractivity contribution in [1.29, 1.82) is 0 Å². The van der Waals surface area contributed by atoms with E-state index in [1.165, 1.54) is 20.3 Å². The molecule has 0 spiro atoms. The van der Waals surface area contributed by atoms with Crippen LogP contribution < -0.4 is 9.47 Å². The van der Waals surface area contributed by atoms with E-state index in [9.17, 15) is 20.4 Å². The summed E-state index contributed by atoms with van der Waals surface area (Å²) >= 11 is 0. The van der Waals surface area contributed by atoms with Crippen LogP contribution in [0.15, 0.2) is 30.9 Å². The zero-order valence-corrected chi connectivity index (χ0v) is 15.0. The van der Waals surface area contributed by atoms with E-state index < -0.39 is 37.1 Å². The minimum Gasteiger partial charge on any atom is -0.496 e. The minimum absolute atomic E-state index is 0.00806. The topological polar surface area (TPSA) is 129 Å². The maximum absolute atomic E-state index is 10.3. The second-order valence-electron chi connectivity index (χ2n) is 5.74. The lowest BCUT2D eigenvalue weighted by Crippen LogP contribution is -2.50. The molecule has 1 aromatic carbocycles. The van der Waals surface area contributed by atoms with Crippen molar-refractivity contribution in [1.82, 2.24) is 0 Å². The van der Waals surface area contributed by atoms with Gasteiger partial charge >= 0.3 is 0 Å². The van der Waals surface area contributed by atoms with Crippen LogP contribution in [0.5, 0.6) is 11.5 Å². The predicted octanol–water partition coefficient (Wildman–Crippen LogP) is -0.399. The van der Waals surface area contributed by atoms with Crippen LogP contribution in [-0.4, -0.2) is 76.9 Å². The maximum Gasteiger partial charge on any atom is 0.128 e. The third-order valence-electron chi connectivity index (χ3n) is 4.03. The van der Waals surface area contributed by atoms with E-state index in [0.29, 0.717) is 17.1 Å². The smallest absolute Gasteiger partial charge is 0.128 e. The van der Waals surface area contributed by atoms with E-state index >= 15 is 0 Å². The first-order valence-corrected chi connectivity index (χ1v) is 8.16. The Morgan fingerprint density at radius 3 is 2.04 bits per heavy atom. The fourth-order valence-electron chi connectivity index (χ4n) is 2.49. The lowest BCUT2D eigenvalue weighted by atomic mass is 9.97. The molecule has 0 amide bonds. The molecule has 0 saturated heterocycles. The van der Waals surface area contributed by atoms with Crippen molar-refractivity contribution in [2.24, 2.45) is 0 Å². The van der Waals surface area contributed by atoms with Crippen LogP contribution in [0, 0.1) is 0 Å². The highest BCUT2D eigenvalue weighted by Crippen LogP contribution is 2.30. The van der Waals surface area contributed by atoms with Crippen molar-refractivity contribution in [3.63, 3.8) is 0 Å². The molecule has 26 heavy (non-hydrogen) atoms. The van der Waals surface area contributed by atoms with Crippen LogP contribution in [0.4, 0.5) is 0 Å². The molecule has 5 atom stereocenters. The molecule has 5 unspecified atom stereocenters. The number of rotatable bonds is 12. The summed E-state index contributed by atoms with van der Waals surface area (Å²) in [5.41, 5.74) is 0.615. The molecule has 0 fully saturated rings. The van der Waals surface area contributed by atoms with Gasteiger partial charge in [0.15, 0.2) is 0 Å². The summed E-state index contributed by atoms with van der Waals surface area (Å²) in [4.78, 5) is 0. The first kappa shape index (κ1) is 22.4. The monoisotopic (exact) mass is 372 g/mol. The van der Waals surface area contributed by atoms with E-state index in [4.69, 9.17) is 19.3 Å². The molecule has 8 heteroatoms. The number of hydrogen-bond donors (Lipinski definition) is 5. The molecule has 1 rings (SSSR count). The highest BCUT2D eigenvalue weighted by atomic mass is 16.5. The van der Waals surface area contributed by atoms with E-state index in [2.05, 4.69) is 6.58 Å². The summed E-state index contributed by atoms with van der Waals surface area (Å²) in [5.74, 6) is 1.07. The molecule has 0 bridgehead atoms. The quantitative estimate of drug-likeness (QED) is 0.314. The molecule has 0 aliphatic rings. The summed E-state index contributed by atoms with van der Waals surface area (Å²) in [6, 6.07) is 5.22. The van der Waals surface area contributed by atoms with Gasteiger partial charge in [0.05, 0.1) is 39.1 Å². The Kier molecular flexibility index (Phi) is 9.57. The van der Waals surface area contributed by atoms with Crippen LogP contribution in [0.1, 0.15) is 12.0 Å². The summed E-state index contributed by atoms with van der Waals surface area (Å²) in [6.07, 6.45) is -5.80. The van der Waals surface area contributed by atoms with Gasteiger partial charge in [0.25, 0.3) is 0 Å². The Hall–Kier alpha value is -1.68. The first-order chi connectivity index (χ1) is 12.4. The van der Waals surface area contributed by atoms with Crippen molar-refractivity contribution >= 4 is 0 Å². The van der Waals surface area contributed by atoms with Crippen molar-refractivity contribution in [3.8, 4) is 11.5 Å². The van der Waals surface area contributed by atoms with Gasteiger partial charge in [-0.05, 0) is 18.6 Å². The zero-order valence-electron chi connectivity index (χ0n) is 15.0. The van der Waals surface area contributed by atoms with Crippen LogP contribution in [-0.2, 0) is 11.3 Å². The summed E-state index contributed by atoms with van der Waals surface area (Å²) in [7, 11) is 3.01. The van der Waals surface area contributed by atoms with E-state index in [1.807, 2.05) is 0 Å². The van der Waals surface area contributed by atoms with E-state index in [0.717, 1.165) is 0 Å². The molecule has 0 heterocycles. The van der Waals surface area contributed by atoms with Gasteiger partial charge in [-0.1, -0.05) is 12.1 Å². The number of hydrogen-bond acceptors (Lipinski definition) is 8. The molecule has 148 valence electrons. The number of aliphatic hydroxyl groups excluding tert-OH is 5. The summed E-state index contributed by atoms with van der Waals surface area (Å²) < 4.78 is 16.3. The van der Waals surface area contributed by atoms with Crippen LogP contribution in [0.2, 0.25) is 0 Å². The molecule has 0 aliphatic carbocycles. The van der Waals surface area contributed by atoms with Crippen LogP contribution in [0.25, 0.3) is 0 Å². The van der Waals surface area contributed by atoms with E-state index in [1.54, 1.807) is 18.2 Å². The lowest BCUT2D eigenvalue weighted by molar-refractivity contribution is -0.152. The van der Waals surface area contributed by atoms with Crippen molar-refractivity contribution in [2.45, 2.75) is 43.5 Å². The SMILES string of the molecule is C=CCC(OCc1c(OC)cccc1OC)C(O)C(O)C(O)C(O)CO. The van der Waals surface area contributed by atoms with Gasteiger partial charge in [0.1, 0.15) is 35.9 Å². The third kappa shape index (κ3) is 5.66. The Morgan fingerprint density at radius 2 is 1.58 bits per heavy atom. The van der Waals surface area contributed by atoms with Gasteiger partial charge < -0.3 is 39.7 Å². The van der Waals surface area contributed by atoms with Gasteiger partial charge in [-0.25, -0.2) is 0 Å². The number of ether oxygens (including phenoxy) is 3. The summed E-state index contributed by atoms with van der Waals surface area (Å²) in [6.45, 7) is 2.84. The minimum atomic E-state index is -1.73. The Labute approximate surface area is 152 Å². The molecule has 0 saturated carbocycles. The molecule has 1 aromatic rings. The molecule has 0 radical (unpaired) electrons. The van der Waals surface area contributed by atoms with Crippen molar-refractivity contribution in [2.75, 3.05) is 20.8 Å². The molecular formula is C18H28O8. The van der Waals surface area contributed by atoms with Gasteiger partial charge in [0, 0.05) is 0 Å². The zero-order chi connectivity index (χ0) is 19.7. The Morgan fingerprint density at radius 1 is 1.00 bits per heavy atom. The fraction of sp³-hybridized carbons (Fsp3) is 0.556. The number of methoxy groups -OCH3 is 2. The van der Waals surface area contributed by atoms with Gasteiger partial charge in [0.2, 0.25) is 0 Å². The maximum atomic E-state index is 10.3. The lowest BCUT2D eigenvalue weighted by Gasteiger charge is -2.30. The third-order valence-corrected chi connectivity index (χ3v) is 4.03. The van der Waals surface area contributed by atoms with Crippen molar-refractivity contribution in [3.05, 3.63) is 36.4 Å². The van der Waals surface area contributed by atoms with Crippen LogP contribution >= 0.6 is 0 Å². The predicted molar refractivity (Wildman–Crippen MR) is 94.1 cm³/mol. The second-order valence-corrected chi connectivity index (χ2v) is 5.74. The Balaban J connectivity index is 2.91. The number of aliphatic hydroxyl groups is 5. The highest BCUT2D eigenvalue weighted by Gasteiger charge is 2.35. The van der Waals surface area contributed by atoms with Crippen LogP contribution in [0.3, 0.4) is 0 Å². The van der Waals surface area contributed by atoms with Gasteiger partial charge in [-0.15, -0.1) is 6.58 Å². The average Bonchev–Trinajstić information content (AvgIpc) is 2.68. The van der Waals surface area contributed by atoms with Gasteiger partial charge in [-0.3, -0.25) is 0 Å². The standard InChI is InChI=1S/C18H28O8/c1-4-6-15(17(22)18(23)16(21)12(20)9-19)26-10-11-13(24-2)7-5-8-14(11)25-3/h4-5,7-8,12,15-23H,1,6,9-10H2,2-3H3. The summed E-state index contributed by atoms with van der Waals surface area (Å²) in [5, 5.41) is 48.5. The molecule has 0 aliphatic heterocycles. The fourth-order valence-corrected chi connectivity index (χ4v) is 2.49. The van der Waals surface area contributed by atoms with Gasteiger partial charge in [-0.2, -0.15) is 0 Å². The largest absolute Gasteiger partial charge is 0.496 e. The second kappa shape index (κ2) is 11.1.